The molecular formula is C13H22O5. The summed E-state index contributed by atoms with van der Waals surface area (Å²) in [4.78, 5) is 0. The third-order valence-electron chi connectivity index (χ3n) is 4.30. The summed E-state index contributed by atoms with van der Waals surface area (Å²) in [5.41, 5.74) is -0.153. The van der Waals surface area contributed by atoms with Gasteiger partial charge in [0.1, 0.15) is 6.10 Å². The maximum atomic E-state index is 10.4. The number of aliphatic hydroxyl groups is 1. The van der Waals surface area contributed by atoms with Crippen molar-refractivity contribution in [2.45, 2.75) is 37.1 Å². The highest BCUT2D eigenvalue weighted by Gasteiger charge is 2.44. The van der Waals surface area contributed by atoms with Gasteiger partial charge < -0.3 is 24.1 Å². The topological polar surface area (TPSA) is 57.2 Å². The van der Waals surface area contributed by atoms with Crippen molar-refractivity contribution in [1.29, 1.82) is 0 Å². The lowest BCUT2D eigenvalue weighted by Gasteiger charge is -2.41. The molecule has 3 aliphatic heterocycles. The van der Waals surface area contributed by atoms with Gasteiger partial charge in [-0.2, -0.15) is 0 Å². The zero-order valence-corrected chi connectivity index (χ0v) is 10.7. The molecule has 0 aromatic heterocycles. The zero-order chi connectivity index (χ0) is 12.4. The highest BCUT2D eigenvalue weighted by Crippen LogP contribution is 2.38. The molecular weight excluding hydrogens is 236 g/mol. The smallest absolute Gasteiger partial charge is 0.107 e. The number of ether oxygens (including phenoxy) is 4. The molecule has 0 bridgehead atoms. The molecule has 0 amide bonds. The fourth-order valence-electron chi connectivity index (χ4n) is 3.23. The normalized spacial score (nSPS) is 43.2. The van der Waals surface area contributed by atoms with Crippen LogP contribution in [0, 0.1) is 5.92 Å². The van der Waals surface area contributed by atoms with Gasteiger partial charge >= 0.3 is 0 Å². The Morgan fingerprint density at radius 2 is 2.06 bits per heavy atom. The molecule has 5 nitrogen and oxygen atoms in total. The molecule has 0 aromatic rings. The Labute approximate surface area is 107 Å². The lowest BCUT2D eigenvalue weighted by molar-refractivity contribution is -0.170. The third kappa shape index (κ3) is 2.56. The summed E-state index contributed by atoms with van der Waals surface area (Å²) in [5.74, 6) is 0.229. The predicted octanol–water partition coefficient (Wildman–Crippen LogP) is 0.348. The van der Waals surface area contributed by atoms with E-state index >= 15 is 0 Å². The lowest BCUT2D eigenvalue weighted by Crippen LogP contribution is -2.49. The second kappa shape index (κ2) is 5.43. The monoisotopic (exact) mass is 258 g/mol. The van der Waals surface area contributed by atoms with E-state index in [-0.39, 0.29) is 17.6 Å². The van der Waals surface area contributed by atoms with Gasteiger partial charge in [0.15, 0.2) is 0 Å². The highest BCUT2D eigenvalue weighted by molar-refractivity contribution is 4.93. The van der Waals surface area contributed by atoms with Crippen LogP contribution in [-0.4, -0.2) is 62.6 Å². The molecule has 1 N–H and O–H groups in total. The maximum Gasteiger partial charge on any atom is 0.107 e. The van der Waals surface area contributed by atoms with Gasteiger partial charge in [0.05, 0.1) is 38.1 Å². The van der Waals surface area contributed by atoms with Crippen LogP contribution in [0.1, 0.15) is 19.3 Å². The summed E-state index contributed by atoms with van der Waals surface area (Å²) >= 11 is 0. The molecule has 0 saturated carbocycles. The van der Waals surface area contributed by atoms with Gasteiger partial charge in [-0.1, -0.05) is 0 Å². The van der Waals surface area contributed by atoms with Gasteiger partial charge in [0.2, 0.25) is 0 Å². The van der Waals surface area contributed by atoms with Crippen LogP contribution in [0.5, 0.6) is 0 Å². The van der Waals surface area contributed by atoms with E-state index in [1.807, 2.05) is 0 Å². The Morgan fingerprint density at radius 1 is 1.11 bits per heavy atom. The van der Waals surface area contributed by atoms with Gasteiger partial charge in [0, 0.05) is 19.6 Å². The van der Waals surface area contributed by atoms with Crippen molar-refractivity contribution in [2.75, 3.05) is 39.6 Å². The second-order valence-electron chi connectivity index (χ2n) is 5.56. The maximum absolute atomic E-state index is 10.4. The molecule has 0 aliphatic carbocycles. The van der Waals surface area contributed by atoms with E-state index in [1.54, 1.807) is 0 Å². The van der Waals surface area contributed by atoms with Crippen LogP contribution in [0.3, 0.4) is 0 Å². The number of hydrogen-bond donors (Lipinski definition) is 1. The molecule has 104 valence electrons. The first-order valence-electron chi connectivity index (χ1n) is 6.88. The van der Waals surface area contributed by atoms with Crippen molar-refractivity contribution in [3.8, 4) is 0 Å². The second-order valence-corrected chi connectivity index (χ2v) is 5.56. The average Bonchev–Trinajstić information content (AvgIpc) is 2.87. The largest absolute Gasteiger partial charge is 0.390 e. The van der Waals surface area contributed by atoms with Crippen molar-refractivity contribution in [3.63, 3.8) is 0 Å². The van der Waals surface area contributed by atoms with E-state index in [0.717, 1.165) is 25.9 Å². The first-order valence-corrected chi connectivity index (χ1v) is 6.88. The van der Waals surface area contributed by atoms with Crippen LogP contribution in [0.2, 0.25) is 0 Å². The third-order valence-corrected chi connectivity index (χ3v) is 4.30. The Hall–Kier alpha value is -0.200. The van der Waals surface area contributed by atoms with Crippen LogP contribution in [0.4, 0.5) is 0 Å². The molecule has 4 atom stereocenters. The SMILES string of the molecule is OC(C1CCOC2(CCOC2)C1)C1COCCO1. The van der Waals surface area contributed by atoms with E-state index in [0.29, 0.717) is 33.0 Å². The summed E-state index contributed by atoms with van der Waals surface area (Å²) < 4.78 is 22.3. The van der Waals surface area contributed by atoms with Crippen LogP contribution in [0.25, 0.3) is 0 Å². The molecule has 3 rings (SSSR count). The summed E-state index contributed by atoms with van der Waals surface area (Å²) in [6.45, 7) is 3.86. The van der Waals surface area contributed by atoms with Gasteiger partial charge in [-0.05, 0) is 18.8 Å². The van der Waals surface area contributed by atoms with Crippen molar-refractivity contribution in [1.82, 2.24) is 0 Å². The fourth-order valence-corrected chi connectivity index (χ4v) is 3.23. The van der Waals surface area contributed by atoms with Gasteiger partial charge in [-0.25, -0.2) is 0 Å². The van der Waals surface area contributed by atoms with Crippen LogP contribution in [0.15, 0.2) is 0 Å². The summed E-state index contributed by atoms with van der Waals surface area (Å²) in [7, 11) is 0. The van der Waals surface area contributed by atoms with E-state index < -0.39 is 6.10 Å². The zero-order valence-electron chi connectivity index (χ0n) is 10.7. The fraction of sp³-hybridized carbons (Fsp3) is 1.00. The molecule has 1 spiro atoms. The van der Waals surface area contributed by atoms with E-state index in [1.165, 1.54) is 0 Å². The van der Waals surface area contributed by atoms with Crippen molar-refractivity contribution in [3.05, 3.63) is 0 Å². The van der Waals surface area contributed by atoms with Crippen molar-refractivity contribution < 1.29 is 24.1 Å². The van der Waals surface area contributed by atoms with Crippen molar-refractivity contribution in [2.24, 2.45) is 5.92 Å². The average molecular weight is 258 g/mol. The lowest BCUT2D eigenvalue weighted by atomic mass is 9.80. The van der Waals surface area contributed by atoms with E-state index in [9.17, 15) is 5.11 Å². The standard InChI is InChI=1S/C13H22O5/c14-12(11-8-15-5-6-17-11)10-1-3-18-13(7-10)2-4-16-9-13/h10-12,14H,1-9H2. The predicted molar refractivity (Wildman–Crippen MR) is 63.4 cm³/mol. The molecule has 5 heteroatoms. The van der Waals surface area contributed by atoms with Crippen LogP contribution in [-0.2, 0) is 18.9 Å². The number of hydrogen-bond acceptors (Lipinski definition) is 5. The quantitative estimate of drug-likeness (QED) is 0.774. The molecule has 18 heavy (non-hydrogen) atoms. The minimum atomic E-state index is -0.452. The molecule has 0 aromatic carbocycles. The van der Waals surface area contributed by atoms with E-state index in [4.69, 9.17) is 18.9 Å². The molecule has 3 heterocycles. The molecule has 4 unspecified atom stereocenters. The molecule has 0 radical (unpaired) electrons. The Bertz CT molecular complexity index is 271. The Kier molecular flexibility index (Phi) is 3.86. The number of rotatable bonds is 2. The van der Waals surface area contributed by atoms with Crippen LogP contribution >= 0.6 is 0 Å². The minimum absolute atomic E-state index is 0.153. The Balaban J connectivity index is 1.60. The van der Waals surface area contributed by atoms with Gasteiger partial charge in [-0.3, -0.25) is 0 Å². The molecule has 3 saturated heterocycles. The summed E-state index contributed by atoms with van der Waals surface area (Å²) in [6.07, 6.45) is 2.07. The first kappa shape index (κ1) is 12.8. The van der Waals surface area contributed by atoms with E-state index in [2.05, 4.69) is 0 Å². The van der Waals surface area contributed by atoms with Gasteiger partial charge in [0.25, 0.3) is 0 Å². The highest BCUT2D eigenvalue weighted by atomic mass is 16.6. The summed E-state index contributed by atoms with van der Waals surface area (Å²) in [6, 6.07) is 0. The Morgan fingerprint density at radius 3 is 2.78 bits per heavy atom. The van der Waals surface area contributed by atoms with Crippen molar-refractivity contribution >= 4 is 0 Å². The van der Waals surface area contributed by atoms with Crippen LogP contribution < -0.4 is 0 Å². The molecule has 3 fully saturated rings. The first-order chi connectivity index (χ1) is 8.79. The summed E-state index contributed by atoms with van der Waals surface area (Å²) in [5, 5.41) is 10.4. The molecule has 3 aliphatic rings. The minimum Gasteiger partial charge on any atom is -0.390 e. The number of aliphatic hydroxyl groups excluding tert-OH is 1. The van der Waals surface area contributed by atoms with Gasteiger partial charge in [-0.15, -0.1) is 0 Å².